The predicted molar refractivity (Wildman–Crippen MR) is 62.1 cm³/mol. The summed E-state index contributed by atoms with van der Waals surface area (Å²) in [6.07, 6.45) is -4.73. The zero-order chi connectivity index (χ0) is 16.2. The zero-order valence-corrected chi connectivity index (χ0v) is 10.2. The monoisotopic (exact) mass is 310 g/mol. The van der Waals surface area contributed by atoms with Crippen LogP contribution in [0.2, 0.25) is 0 Å². The summed E-state index contributed by atoms with van der Waals surface area (Å²) in [5.41, 5.74) is -1.96. The Morgan fingerprint density at radius 3 is 2.38 bits per heavy atom. The summed E-state index contributed by atoms with van der Waals surface area (Å²) >= 11 is 0. The minimum atomic E-state index is -4.73. The maximum absolute atomic E-state index is 13.3. The van der Waals surface area contributed by atoms with E-state index in [1.807, 2.05) is 0 Å². The Labute approximate surface area is 115 Å². The summed E-state index contributed by atoms with van der Waals surface area (Å²) in [6, 6.07) is -1.57. The third kappa shape index (κ3) is 4.60. The number of aliphatic hydroxyl groups is 1. The third-order valence-electron chi connectivity index (χ3n) is 2.33. The van der Waals surface area contributed by atoms with E-state index in [1.54, 1.807) is 10.6 Å². The standard InChI is InChI=1S/C11H10F4N2O4/c12-6-2-1-5(11(13,14)15)3-7(6)16-10(21)17-8(4-18)9(19)20/h1-3,8,18H,4H2,(H,19,20)(H2,16,17,21)/t8-/m1/s1. The fourth-order valence-electron chi connectivity index (χ4n) is 1.30. The molecule has 0 aromatic heterocycles. The zero-order valence-electron chi connectivity index (χ0n) is 10.2. The van der Waals surface area contributed by atoms with Crippen LogP contribution in [0.25, 0.3) is 0 Å². The van der Waals surface area contributed by atoms with Crippen LogP contribution >= 0.6 is 0 Å². The summed E-state index contributed by atoms with van der Waals surface area (Å²) < 4.78 is 50.7. The summed E-state index contributed by atoms with van der Waals surface area (Å²) in [5.74, 6) is -2.69. The van der Waals surface area contributed by atoms with E-state index in [0.29, 0.717) is 18.2 Å². The van der Waals surface area contributed by atoms with Gasteiger partial charge >= 0.3 is 18.2 Å². The smallest absolute Gasteiger partial charge is 0.416 e. The van der Waals surface area contributed by atoms with Crippen LogP contribution in [0, 0.1) is 5.82 Å². The lowest BCUT2D eigenvalue weighted by Gasteiger charge is -2.14. The maximum atomic E-state index is 13.3. The van der Waals surface area contributed by atoms with Gasteiger partial charge < -0.3 is 20.8 Å². The average Bonchev–Trinajstić information content (AvgIpc) is 2.36. The maximum Gasteiger partial charge on any atom is 0.416 e. The Kier molecular flexibility index (Phi) is 5.08. The van der Waals surface area contributed by atoms with Crippen LogP contribution in [0.4, 0.5) is 28.0 Å². The number of carboxylic acid groups (broad SMARTS) is 1. The Balaban J connectivity index is 2.87. The number of rotatable bonds is 4. The molecule has 0 bridgehead atoms. The summed E-state index contributed by atoms with van der Waals surface area (Å²) in [6.45, 7) is -0.937. The van der Waals surface area contributed by atoms with Gasteiger partial charge in [0, 0.05) is 0 Å². The quantitative estimate of drug-likeness (QED) is 0.632. The van der Waals surface area contributed by atoms with Crippen molar-refractivity contribution >= 4 is 17.7 Å². The van der Waals surface area contributed by atoms with Crippen LogP contribution < -0.4 is 10.6 Å². The number of urea groups is 1. The molecule has 4 N–H and O–H groups in total. The van der Waals surface area contributed by atoms with Gasteiger partial charge in [0.2, 0.25) is 0 Å². The molecule has 1 aromatic carbocycles. The molecule has 0 spiro atoms. The van der Waals surface area contributed by atoms with E-state index in [2.05, 4.69) is 0 Å². The molecule has 1 atom stereocenters. The molecule has 0 unspecified atom stereocenters. The van der Waals surface area contributed by atoms with Gasteiger partial charge in [-0.2, -0.15) is 13.2 Å². The van der Waals surface area contributed by atoms with Crippen LogP contribution in [0.1, 0.15) is 5.56 Å². The fourth-order valence-corrected chi connectivity index (χ4v) is 1.30. The van der Waals surface area contributed by atoms with Crippen molar-refractivity contribution in [3.05, 3.63) is 29.6 Å². The number of carboxylic acids is 1. The number of hydrogen-bond donors (Lipinski definition) is 4. The first kappa shape index (κ1) is 16.7. The number of alkyl halides is 3. The van der Waals surface area contributed by atoms with Crippen molar-refractivity contribution in [1.29, 1.82) is 0 Å². The van der Waals surface area contributed by atoms with E-state index in [-0.39, 0.29) is 0 Å². The summed E-state index contributed by atoms with van der Waals surface area (Å²) in [7, 11) is 0. The highest BCUT2D eigenvalue weighted by molar-refractivity contribution is 5.92. The molecule has 0 aliphatic rings. The molecule has 0 saturated carbocycles. The fraction of sp³-hybridized carbons (Fsp3) is 0.273. The third-order valence-corrected chi connectivity index (χ3v) is 2.33. The van der Waals surface area contributed by atoms with E-state index in [9.17, 15) is 27.2 Å². The lowest BCUT2D eigenvalue weighted by atomic mass is 10.2. The summed E-state index contributed by atoms with van der Waals surface area (Å²) in [5, 5.41) is 20.7. The van der Waals surface area contributed by atoms with E-state index < -0.39 is 47.9 Å². The second kappa shape index (κ2) is 6.39. The molecule has 0 saturated heterocycles. The van der Waals surface area contributed by atoms with E-state index in [4.69, 9.17) is 10.2 Å². The van der Waals surface area contributed by atoms with Gasteiger partial charge in [0.25, 0.3) is 0 Å². The van der Waals surface area contributed by atoms with Crippen molar-refractivity contribution < 1.29 is 37.4 Å². The molecule has 0 heterocycles. The van der Waals surface area contributed by atoms with Crippen molar-refractivity contribution in [2.45, 2.75) is 12.2 Å². The highest BCUT2D eigenvalue weighted by atomic mass is 19.4. The Morgan fingerprint density at radius 1 is 1.29 bits per heavy atom. The number of carbonyl (C=O) groups excluding carboxylic acids is 1. The lowest BCUT2D eigenvalue weighted by molar-refractivity contribution is -0.140. The minimum Gasteiger partial charge on any atom is -0.480 e. The topological polar surface area (TPSA) is 98.7 Å². The Hall–Kier alpha value is -2.36. The molecule has 10 heteroatoms. The predicted octanol–water partition coefficient (Wildman–Crippen LogP) is 1.41. The van der Waals surface area contributed by atoms with E-state index in [1.165, 1.54) is 0 Å². The van der Waals surface area contributed by atoms with Gasteiger partial charge in [0.15, 0.2) is 6.04 Å². The second-order valence-electron chi connectivity index (χ2n) is 3.86. The molecule has 21 heavy (non-hydrogen) atoms. The van der Waals surface area contributed by atoms with Gasteiger partial charge in [-0.05, 0) is 18.2 Å². The molecule has 0 fully saturated rings. The van der Waals surface area contributed by atoms with Crippen molar-refractivity contribution in [2.75, 3.05) is 11.9 Å². The first-order chi connectivity index (χ1) is 9.65. The van der Waals surface area contributed by atoms with Crippen molar-refractivity contribution in [1.82, 2.24) is 5.32 Å². The van der Waals surface area contributed by atoms with Crippen molar-refractivity contribution in [2.24, 2.45) is 0 Å². The normalized spacial score (nSPS) is 12.6. The number of aliphatic carboxylic acids is 1. The molecule has 1 rings (SSSR count). The van der Waals surface area contributed by atoms with Gasteiger partial charge in [-0.25, -0.2) is 14.0 Å². The lowest BCUT2D eigenvalue weighted by Crippen LogP contribution is -2.45. The van der Waals surface area contributed by atoms with Gasteiger partial charge in [0.05, 0.1) is 17.9 Å². The van der Waals surface area contributed by atoms with Crippen molar-refractivity contribution in [3.8, 4) is 0 Å². The van der Waals surface area contributed by atoms with Crippen LogP contribution in [0.3, 0.4) is 0 Å². The number of amides is 2. The molecular formula is C11H10F4N2O4. The number of anilines is 1. The molecular weight excluding hydrogens is 300 g/mol. The van der Waals surface area contributed by atoms with Gasteiger partial charge in [0.1, 0.15) is 5.82 Å². The summed E-state index contributed by atoms with van der Waals surface area (Å²) in [4.78, 5) is 21.9. The number of hydrogen-bond acceptors (Lipinski definition) is 3. The number of halogens is 4. The highest BCUT2D eigenvalue weighted by Crippen LogP contribution is 2.31. The van der Waals surface area contributed by atoms with Gasteiger partial charge in [-0.3, -0.25) is 0 Å². The van der Waals surface area contributed by atoms with Crippen LogP contribution in [-0.4, -0.2) is 34.9 Å². The molecule has 116 valence electrons. The van der Waals surface area contributed by atoms with Crippen LogP contribution in [-0.2, 0) is 11.0 Å². The number of benzene rings is 1. The van der Waals surface area contributed by atoms with Crippen LogP contribution in [0.15, 0.2) is 18.2 Å². The Morgan fingerprint density at radius 2 is 1.90 bits per heavy atom. The van der Waals surface area contributed by atoms with E-state index >= 15 is 0 Å². The number of nitrogens with one attached hydrogen (secondary N) is 2. The van der Waals surface area contributed by atoms with Gasteiger partial charge in [-0.1, -0.05) is 0 Å². The molecule has 0 aliphatic heterocycles. The van der Waals surface area contributed by atoms with Gasteiger partial charge in [-0.15, -0.1) is 0 Å². The highest BCUT2D eigenvalue weighted by Gasteiger charge is 2.31. The first-order valence-electron chi connectivity index (χ1n) is 5.43. The molecule has 0 radical (unpaired) electrons. The number of carbonyl (C=O) groups is 2. The van der Waals surface area contributed by atoms with E-state index in [0.717, 1.165) is 0 Å². The molecule has 1 aromatic rings. The Bertz CT molecular complexity index is 548. The molecule has 0 aliphatic carbocycles. The largest absolute Gasteiger partial charge is 0.480 e. The minimum absolute atomic E-state index is 0.365. The number of aliphatic hydroxyl groups excluding tert-OH is 1. The van der Waals surface area contributed by atoms with Crippen molar-refractivity contribution in [3.63, 3.8) is 0 Å². The molecule has 2 amide bonds. The average molecular weight is 310 g/mol. The first-order valence-corrected chi connectivity index (χ1v) is 5.43. The van der Waals surface area contributed by atoms with Crippen LogP contribution in [0.5, 0.6) is 0 Å². The SMILES string of the molecule is O=C(Nc1cc(C(F)(F)F)ccc1F)N[C@H](CO)C(=O)O. The molecule has 6 nitrogen and oxygen atoms in total. The second-order valence-corrected chi connectivity index (χ2v) is 3.86.